The molecule has 2 heteroatoms. The Balaban J connectivity index is 1.89. The van der Waals surface area contributed by atoms with Crippen molar-refractivity contribution in [1.29, 1.82) is 0 Å². The Hall–Kier alpha value is -1.96. The van der Waals surface area contributed by atoms with Gasteiger partial charge in [0.25, 0.3) is 0 Å². The zero-order chi connectivity index (χ0) is 17.1. The van der Waals surface area contributed by atoms with E-state index in [9.17, 15) is 0 Å². The molecule has 1 aromatic heterocycles. The number of para-hydroxylation sites is 1. The summed E-state index contributed by atoms with van der Waals surface area (Å²) in [6.07, 6.45) is 3.60. The largest absolute Gasteiger partial charge is 0.487 e. The van der Waals surface area contributed by atoms with E-state index in [0.29, 0.717) is 11.8 Å². The minimum absolute atomic E-state index is 0.0247. The summed E-state index contributed by atoms with van der Waals surface area (Å²) in [5.41, 5.74) is 5.81. The molecule has 2 aliphatic heterocycles. The van der Waals surface area contributed by atoms with Gasteiger partial charge in [-0.15, -0.1) is 0 Å². The summed E-state index contributed by atoms with van der Waals surface area (Å²) in [5, 5.41) is 2.81. The van der Waals surface area contributed by atoms with Gasteiger partial charge in [0.2, 0.25) is 0 Å². The summed E-state index contributed by atoms with van der Waals surface area (Å²) in [5.74, 6) is 2.52. The maximum Gasteiger partial charge on any atom is 0.128 e. The Kier molecular flexibility index (Phi) is 2.31. The van der Waals surface area contributed by atoms with Crippen molar-refractivity contribution in [2.45, 2.75) is 64.0 Å². The van der Waals surface area contributed by atoms with E-state index in [1.54, 1.807) is 0 Å². The SMILES string of the molecule is Cc1cc2c3ccccc3n3c2c2c1O[C@@]1(C)CC[C@H](C2C1)C3(C)C. The molecule has 0 N–H and O–H groups in total. The smallest absolute Gasteiger partial charge is 0.128 e. The van der Waals surface area contributed by atoms with Gasteiger partial charge in [-0.2, -0.15) is 0 Å². The zero-order valence-electron chi connectivity index (χ0n) is 15.5. The quantitative estimate of drug-likeness (QED) is 0.501. The third kappa shape index (κ3) is 1.49. The van der Waals surface area contributed by atoms with Crippen molar-refractivity contribution in [2.24, 2.45) is 5.92 Å². The molecule has 3 aliphatic rings. The van der Waals surface area contributed by atoms with Crippen LogP contribution in [0.3, 0.4) is 0 Å². The second-order valence-corrected chi connectivity index (χ2v) is 9.35. The van der Waals surface area contributed by atoms with Gasteiger partial charge in [0.05, 0.1) is 5.52 Å². The lowest BCUT2D eigenvalue weighted by Gasteiger charge is -2.55. The molecular formula is C23H25NO. The van der Waals surface area contributed by atoms with Crippen LogP contribution in [0.5, 0.6) is 5.75 Å². The molecule has 1 fully saturated rings. The molecule has 1 unspecified atom stereocenters. The second kappa shape index (κ2) is 4.06. The molecule has 2 aromatic carbocycles. The fraction of sp³-hybridized carbons (Fsp3) is 0.478. The van der Waals surface area contributed by atoms with Crippen molar-refractivity contribution in [1.82, 2.24) is 4.57 Å². The van der Waals surface area contributed by atoms with Crippen LogP contribution in [0.1, 0.15) is 57.1 Å². The summed E-state index contributed by atoms with van der Waals surface area (Å²) in [4.78, 5) is 0. The molecular weight excluding hydrogens is 306 g/mol. The van der Waals surface area contributed by atoms with E-state index in [1.807, 2.05) is 0 Å². The molecule has 3 aromatic rings. The Morgan fingerprint density at radius 3 is 2.76 bits per heavy atom. The highest BCUT2D eigenvalue weighted by atomic mass is 16.5. The van der Waals surface area contributed by atoms with Crippen LogP contribution in [0.4, 0.5) is 0 Å². The van der Waals surface area contributed by atoms with Crippen LogP contribution in [-0.2, 0) is 5.54 Å². The predicted molar refractivity (Wildman–Crippen MR) is 103 cm³/mol. The van der Waals surface area contributed by atoms with Gasteiger partial charge in [0, 0.05) is 27.4 Å². The van der Waals surface area contributed by atoms with Crippen LogP contribution in [0.15, 0.2) is 30.3 Å². The van der Waals surface area contributed by atoms with Gasteiger partial charge in [-0.25, -0.2) is 0 Å². The third-order valence-corrected chi connectivity index (χ3v) is 7.46. The van der Waals surface area contributed by atoms with Gasteiger partial charge in [0.1, 0.15) is 11.4 Å². The molecule has 0 radical (unpaired) electrons. The summed E-state index contributed by atoms with van der Waals surface area (Å²) in [6.45, 7) is 9.48. The third-order valence-electron chi connectivity index (χ3n) is 7.46. The topological polar surface area (TPSA) is 14.2 Å². The number of hydrogen-bond donors (Lipinski definition) is 0. The van der Waals surface area contributed by atoms with Gasteiger partial charge in [-0.05, 0) is 76.5 Å². The van der Waals surface area contributed by atoms with Crippen molar-refractivity contribution in [3.05, 3.63) is 41.5 Å². The second-order valence-electron chi connectivity index (χ2n) is 9.35. The average molecular weight is 331 g/mol. The summed E-state index contributed by atoms with van der Waals surface area (Å²) < 4.78 is 9.30. The maximum atomic E-state index is 6.66. The van der Waals surface area contributed by atoms with Crippen molar-refractivity contribution in [3.8, 4) is 5.75 Å². The minimum atomic E-state index is 0.0247. The summed E-state index contributed by atoms with van der Waals surface area (Å²) >= 11 is 0. The molecule has 1 saturated carbocycles. The van der Waals surface area contributed by atoms with Crippen molar-refractivity contribution < 1.29 is 4.74 Å². The van der Waals surface area contributed by atoms with E-state index >= 15 is 0 Å². The van der Waals surface area contributed by atoms with Crippen LogP contribution in [0.2, 0.25) is 0 Å². The first-order valence-electron chi connectivity index (χ1n) is 9.67. The van der Waals surface area contributed by atoms with E-state index in [1.165, 1.54) is 57.9 Å². The van der Waals surface area contributed by atoms with Crippen LogP contribution in [0, 0.1) is 12.8 Å². The van der Waals surface area contributed by atoms with Gasteiger partial charge in [0.15, 0.2) is 0 Å². The zero-order valence-corrected chi connectivity index (χ0v) is 15.5. The Bertz CT molecular complexity index is 1070. The maximum absolute atomic E-state index is 6.66. The highest BCUT2D eigenvalue weighted by Crippen LogP contribution is 2.62. The van der Waals surface area contributed by atoms with E-state index in [0.717, 1.165) is 0 Å². The average Bonchev–Trinajstić information content (AvgIpc) is 2.89. The Labute approximate surface area is 148 Å². The first kappa shape index (κ1) is 14.2. The standard InChI is InChI=1S/C23H25NO/c1-13-11-15-14-7-5-6-8-18(14)24-20(15)19-16-12-23(4,25-21(13)19)10-9-17(16)22(24,2)3/h5-8,11,16-17H,9-10,12H2,1-4H3/t16?,17-,23+/m1/s1. The van der Waals surface area contributed by atoms with Gasteiger partial charge in [-0.1, -0.05) is 18.2 Å². The van der Waals surface area contributed by atoms with E-state index in [4.69, 9.17) is 4.74 Å². The summed E-state index contributed by atoms with van der Waals surface area (Å²) in [7, 11) is 0. The van der Waals surface area contributed by atoms with E-state index < -0.39 is 0 Å². The monoisotopic (exact) mass is 331 g/mol. The molecule has 3 atom stereocenters. The first-order valence-corrected chi connectivity index (χ1v) is 9.67. The highest BCUT2D eigenvalue weighted by Gasteiger charge is 2.54. The highest BCUT2D eigenvalue weighted by molar-refractivity contribution is 6.11. The van der Waals surface area contributed by atoms with Crippen LogP contribution < -0.4 is 4.74 Å². The van der Waals surface area contributed by atoms with Crippen molar-refractivity contribution in [2.75, 3.05) is 0 Å². The molecule has 0 spiro atoms. The van der Waals surface area contributed by atoms with Crippen molar-refractivity contribution in [3.63, 3.8) is 0 Å². The Morgan fingerprint density at radius 1 is 1.12 bits per heavy atom. The van der Waals surface area contributed by atoms with Crippen LogP contribution in [-0.4, -0.2) is 10.2 Å². The van der Waals surface area contributed by atoms with Gasteiger partial charge in [-0.3, -0.25) is 0 Å². The lowest BCUT2D eigenvalue weighted by molar-refractivity contribution is -0.0262. The molecule has 128 valence electrons. The fourth-order valence-electron chi connectivity index (χ4n) is 6.38. The molecule has 3 heterocycles. The molecule has 0 saturated heterocycles. The number of nitrogens with zero attached hydrogens (tertiary/aromatic N) is 1. The number of rotatable bonds is 0. The predicted octanol–water partition coefficient (Wildman–Crippen LogP) is 5.89. The van der Waals surface area contributed by atoms with Crippen LogP contribution >= 0.6 is 0 Å². The van der Waals surface area contributed by atoms with Crippen molar-refractivity contribution >= 4 is 21.8 Å². The van der Waals surface area contributed by atoms with E-state index in [2.05, 4.69) is 62.6 Å². The lowest BCUT2D eigenvalue weighted by Crippen LogP contribution is -2.52. The normalized spacial score (nSPS) is 31.5. The summed E-state index contributed by atoms with van der Waals surface area (Å²) in [6, 6.07) is 11.3. The molecule has 0 amide bonds. The minimum Gasteiger partial charge on any atom is -0.487 e. The number of hydrogen-bond acceptors (Lipinski definition) is 1. The fourth-order valence-corrected chi connectivity index (χ4v) is 6.38. The van der Waals surface area contributed by atoms with E-state index in [-0.39, 0.29) is 11.1 Å². The number of benzene rings is 2. The van der Waals surface area contributed by atoms with Gasteiger partial charge >= 0.3 is 0 Å². The molecule has 2 nitrogen and oxygen atoms in total. The first-order chi connectivity index (χ1) is 11.9. The molecule has 6 rings (SSSR count). The Morgan fingerprint density at radius 2 is 1.92 bits per heavy atom. The molecule has 1 aliphatic carbocycles. The van der Waals surface area contributed by atoms with Gasteiger partial charge < -0.3 is 9.30 Å². The van der Waals surface area contributed by atoms with Crippen LogP contribution in [0.25, 0.3) is 21.8 Å². The number of fused-ring (bicyclic) bond motifs is 4. The number of aromatic nitrogens is 1. The number of ether oxygens (including phenoxy) is 1. The number of aryl methyl sites for hydroxylation is 1. The lowest BCUT2D eigenvalue weighted by atomic mass is 9.60. The molecule has 25 heavy (non-hydrogen) atoms. The molecule has 2 bridgehead atoms.